The van der Waals surface area contributed by atoms with Crippen LogP contribution < -0.4 is 0 Å². The summed E-state index contributed by atoms with van der Waals surface area (Å²) in [4.78, 5) is 15.6. The minimum Gasteiger partial charge on any atom is -0.345 e. The summed E-state index contributed by atoms with van der Waals surface area (Å²) in [6.45, 7) is 0. The molecule has 2 aromatic carbocycles. The molecule has 92 valence electrons. The zero-order valence-electron chi connectivity index (χ0n) is 10.5. The molecule has 0 aromatic heterocycles. The van der Waals surface area contributed by atoms with E-state index in [0.29, 0.717) is 0 Å². The normalized spacial score (nSPS) is 10.1. The van der Waals surface area contributed by atoms with Crippen LogP contribution in [0.4, 0.5) is 0 Å². The molecule has 3 heteroatoms. The lowest BCUT2D eigenvalue weighted by molar-refractivity contribution is 0.0827. The van der Waals surface area contributed by atoms with Crippen LogP contribution in [0.25, 0.3) is 0 Å². The summed E-state index contributed by atoms with van der Waals surface area (Å²) in [6.07, 6.45) is 0. The third-order valence-electron chi connectivity index (χ3n) is 2.49. The van der Waals surface area contributed by atoms with Crippen LogP contribution in [0.15, 0.2) is 64.4 Å². The standard InChI is InChI=1S/C15H15NOS/c1-16(2)15(17)12-8-10-14(11-9-12)18-13-6-4-3-5-7-13/h3-11H,1-2H3. The SMILES string of the molecule is CN(C)C(=O)c1ccc(Sc2ccccc2)cc1. The number of amides is 1. The Kier molecular flexibility index (Phi) is 4.05. The molecule has 0 spiro atoms. The summed E-state index contributed by atoms with van der Waals surface area (Å²) in [6, 6.07) is 17.9. The fraction of sp³-hybridized carbons (Fsp3) is 0.133. The van der Waals surface area contributed by atoms with E-state index in [2.05, 4.69) is 12.1 Å². The molecule has 0 fully saturated rings. The highest BCUT2D eigenvalue weighted by Gasteiger charge is 2.07. The van der Waals surface area contributed by atoms with Gasteiger partial charge in [0.2, 0.25) is 0 Å². The molecule has 0 aliphatic heterocycles. The summed E-state index contributed by atoms with van der Waals surface area (Å²) in [5, 5.41) is 0. The Morgan fingerprint density at radius 2 is 1.44 bits per heavy atom. The third kappa shape index (κ3) is 3.14. The smallest absolute Gasteiger partial charge is 0.253 e. The Labute approximate surface area is 112 Å². The van der Waals surface area contributed by atoms with Gasteiger partial charge in [-0.05, 0) is 36.4 Å². The van der Waals surface area contributed by atoms with Gasteiger partial charge in [-0.25, -0.2) is 0 Å². The molecule has 1 amide bonds. The molecule has 2 aromatic rings. The second-order valence-electron chi connectivity index (χ2n) is 4.14. The molecule has 0 saturated heterocycles. The van der Waals surface area contributed by atoms with Crippen molar-refractivity contribution < 1.29 is 4.79 Å². The summed E-state index contributed by atoms with van der Waals surface area (Å²) >= 11 is 1.69. The Morgan fingerprint density at radius 1 is 0.889 bits per heavy atom. The minimum atomic E-state index is 0.0336. The lowest BCUT2D eigenvalue weighted by Crippen LogP contribution is -2.21. The minimum absolute atomic E-state index is 0.0336. The fourth-order valence-electron chi connectivity index (χ4n) is 1.55. The van der Waals surface area contributed by atoms with Gasteiger partial charge in [-0.15, -0.1) is 0 Å². The lowest BCUT2D eigenvalue weighted by atomic mass is 10.2. The van der Waals surface area contributed by atoms with Crippen molar-refractivity contribution in [3.05, 3.63) is 60.2 Å². The first-order valence-corrected chi connectivity index (χ1v) is 6.53. The topological polar surface area (TPSA) is 20.3 Å². The Morgan fingerprint density at radius 3 is 2.00 bits per heavy atom. The van der Waals surface area contributed by atoms with Gasteiger partial charge >= 0.3 is 0 Å². The van der Waals surface area contributed by atoms with Gasteiger partial charge in [-0.1, -0.05) is 30.0 Å². The van der Waals surface area contributed by atoms with Gasteiger partial charge in [0.15, 0.2) is 0 Å². The first-order valence-electron chi connectivity index (χ1n) is 5.71. The number of benzene rings is 2. The van der Waals surface area contributed by atoms with Gasteiger partial charge in [-0.3, -0.25) is 4.79 Å². The molecule has 18 heavy (non-hydrogen) atoms. The number of carbonyl (C=O) groups excluding carboxylic acids is 1. The fourth-order valence-corrected chi connectivity index (χ4v) is 2.39. The quantitative estimate of drug-likeness (QED) is 0.838. The Hall–Kier alpha value is -1.74. The predicted molar refractivity (Wildman–Crippen MR) is 75.0 cm³/mol. The molecule has 0 atom stereocenters. The molecule has 0 bridgehead atoms. The molecule has 0 aliphatic rings. The van der Waals surface area contributed by atoms with Crippen LogP contribution in [-0.4, -0.2) is 24.9 Å². The highest BCUT2D eigenvalue weighted by atomic mass is 32.2. The molecule has 0 N–H and O–H groups in total. The zero-order chi connectivity index (χ0) is 13.0. The predicted octanol–water partition coefficient (Wildman–Crippen LogP) is 3.54. The van der Waals surface area contributed by atoms with E-state index >= 15 is 0 Å². The number of rotatable bonds is 3. The van der Waals surface area contributed by atoms with Crippen molar-refractivity contribution in [3.8, 4) is 0 Å². The highest BCUT2D eigenvalue weighted by Crippen LogP contribution is 2.27. The molecule has 0 unspecified atom stereocenters. The number of carbonyl (C=O) groups is 1. The van der Waals surface area contributed by atoms with E-state index in [-0.39, 0.29) is 5.91 Å². The van der Waals surface area contributed by atoms with Crippen molar-refractivity contribution in [2.75, 3.05) is 14.1 Å². The van der Waals surface area contributed by atoms with Crippen LogP contribution in [0.3, 0.4) is 0 Å². The van der Waals surface area contributed by atoms with E-state index in [1.165, 1.54) is 4.90 Å². The van der Waals surface area contributed by atoms with Crippen molar-refractivity contribution in [1.82, 2.24) is 4.90 Å². The molecule has 2 rings (SSSR count). The molecule has 0 heterocycles. The van der Waals surface area contributed by atoms with Crippen molar-refractivity contribution in [1.29, 1.82) is 0 Å². The molecular weight excluding hydrogens is 242 g/mol. The zero-order valence-corrected chi connectivity index (χ0v) is 11.3. The summed E-state index contributed by atoms with van der Waals surface area (Å²) in [5.41, 5.74) is 0.720. The maximum absolute atomic E-state index is 11.7. The van der Waals surface area contributed by atoms with Crippen molar-refractivity contribution in [2.45, 2.75) is 9.79 Å². The number of hydrogen-bond donors (Lipinski definition) is 0. The molecule has 0 saturated carbocycles. The van der Waals surface area contributed by atoms with Gasteiger partial charge in [-0.2, -0.15) is 0 Å². The van der Waals surface area contributed by atoms with Crippen LogP contribution >= 0.6 is 11.8 Å². The first kappa shape index (κ1) is 12.7. The van der Waals surface area contributed by atoms with Gasteiger partial charge < -0.3 is 4.90 Å². The lowest BCUT2D eigenvalue weighted by Gasteiger charge is -2.10. The van der Waals surface area contributed by atoms with E-state index in [9.17, 15) is 4.79 Å². The van der Waals surface area contributed by atoms with E-state index in [1.54, 1.807) is 30.8 Å². The third-order valence-corrected chi connectivity index (χ3v) is 3.50. The van der Waals surface area contributed by atoms with Gasteiger partial charge in [0, 0.05) is 29.4 Å². The van der Waals surface area contributed by atoms with Crippen LogP contribution in [-0.2, 0) is 0 Å². The highest BCUT2D eigenvalue weighted by molar-refractivity contribution is 7.99. The van der Waals surface area contributed by atoms with Crippen LogP contribution in [0.2, 0.25) is 0 Å². The van der Waals surface area contributed by atoms with Gasteiger partial charge in [0.25, 0.3) is 5.91 Å². The maximum atomic E-state index is 11.7. The largest absolute Gasteiger partial charge is 0.345 e. The maximum Gasteiger partial charge on any atom is 0.253 e. The van der Waals surface area contributed by atoms with Crippen LogP contribution in [0.5, 0.6) is 0 Å². The van der Waals surface area contributed by atoms with Crippen LogP contribution in [0.1, 0.15) is 10.4 Å². The van der Waals surface area contributed by atoms with Crippen molar-refractivity contribution in [2.24, 2.45) is 0 Å². The Balaban J connectivity index is 2.11. The van der Waals surface area contributed by atoms with Gasteiger partial charge in [0.1, 0.15) is 0 Å². The molecule has 0 aliphatic carbocycles. The monoisotopic (exact) mass is 257 g/mol. The van der Waals surface area contributed by atoms with E-state index in [1.807, 2.05) is 42.5 Å². The van der Waals surface area contributed by atoms with Crippen molar-refractivity contribution in [3.63, 3.8) is 0 Å². The first-order chi connectivity index (χ1) is 8.66. The molecular formula is C15H15NOS. The number of nitrogens with zero attached hydrogens (tertiary/aromatic N) is 1. The summed E-state index contributed by atoms with van der Waals surface area (Å²) in [7, 11) is 3.52. The second kappa shape index (κ2) is 5.74. The van der Waals surface area contributed by atoms with E-state index in [0.717, 1.165) is 10.5 Å². The average Bonchev–Trinajstić information content (AvgIpc) is 2.40. The molecule has 0 radical (unpaired) electrons. The average molecular weight is 257 g/mol. The van der Waals surface area contributed by atoms with Crippen LogP contribution in [0, 0.1) is 0 Å². The van der Waals surface area contributed by atoms with E-state index in [4.69, 9.17) is 0 Å². The summed E-state index contributed by atoms with van der Waals surface area (Å²) in [5.74, 6) is 0.0336. The Bertz CT molecular complexity index is 520. The molecule has 2 nitrogen and oxygen atoms in total. The number of hydrogen-bond acceptors (Lipinski definition) is 2. The van der Waals surface area contributed by atoms with Crippen molar-refractivity contribution >= 4 is 17.7 Å². The second-order valence-corrected chi connectivity index (χ2v) is 5.29. The van der Waals surface area contributed by atoms with Gasteiger partial charge in [0.05, 0.1) is 0 Å². The summed E-state index contributed by atoms with van der Waals surface area (Å²) < 4.78 is 0. The van der Waals surface area contributed by atoms with E-state index < -0.39 is 0 Å².